The lowest BCUT2D eigenvalue weighted by Crippen LogP contribution is -2.39. The van der Waals surface area contributed by atoms with Gasteiger partial charge in [0.1, 0.15) is 5.60 Å². The molecule has 0 aliphatic heterocycles. The van der Waals surface area contributed by atoms with E-state index < -0.39 is 34.3 Å². The number of benzene rings is 1. The number of rotatable bonds is 4. The normalized spacial score (nSPS) is 16.9. The van der Waals surface area contributed by atoms with E-state index in [1.165, 1.54) is 6.07 Å². The number of hydrogen-bond donors (Lipinski definition) is 1. The molecule has 1 saturated carbocycles. The second kappa shape index (κ2) is 6.23. The van der Waals surface area contributed by atoms with E-state index in [2.05, 4.69) is 0 Å². The molecule has 0 atom stereocenters. The number of carbonyl (C=O) groups is 2. The zero-order valence-corrected chi connectivity index (χ0v) is 12.4. The molecule has 0 amide bonds. The SMILES string of the molecule is O=C(O)/C=C/C(=O)OC1(c2ccc(C(F)(F)F)c(Cl)c2)CCC1. The maximum Gasteiger partial charge on any atom is 0.417 e. The third kappa shape index (κ3) is 3.85. The number of carboxylic acids is 1. The Kier molecular flexibility index (Phi) is 4.70. The Hall–Kier alpha value is -2.02. The summed E-state index contributed by atoms with van der Waals surface area (Å²) in [6.07, 6.45) is -1.58. The van der Waals surface area contributed by atoms with Crippen molar-refractivity contribution in [2.24, 2.45) is 0 Å². The molecule has 1 aliphatic rings. The largest absolute Gasteiger partial charge is 0.478 e. The molecule has 4 nitrogen and oxygen atoms in total. The Morgan fingerprint density at radius 2 is 1.91 bits per heavy atom. The maximum atomic E-state index is 12.7. The molecule has 124 valence electrons. The minimum absolute atomic E-state index is 0.360. The first-order valence-electron chi connectivity index (χ1n) is 6.65. The highest BCUT2D eigenvalue weighted by molar-refractivity contribution is 6.31. The van der Waals surface area contributed by atoms with Gasteiger partial charge in [-0.1, -0.05) is 17.7 Å². The zero-order chi connectivity index (χ0) is 17.3. The van der Waals surface area contributed by atoms with Gasteiger partial charge in [0.25, 0.3) is 0 Å². The van der Waals surface area contributed by atoms with Gasteiger partial charge in [0, 0.05) is 12.2 Å². The molecule has 1 aromatic rings. The van der Waals surface area contributed by atoms with Crippen molar-refractivity contribution in [3.8, 4) is 0 Å². The Morgan fingerprint density at radius 1 is 1.26 bits per heavy atom. The van der Waals surface area contributed by atoms with Crippen LogP contribution in [0.5, 0.6) is 0 Å². The first-order valence-corrected chi connectivity index (χ1v) is 7.03. The summed E-state index contributed by atoms with van der Waals surface area (Å²) in [6.45, 7) is 0. The molecule has 0 saturated heterocycles. The van der Waals surface area contributed by atoms with Crippen LogP contribution in [0.1, 0.15) is 30.4 Å². The zero-order valence-electron chi connectivity index (χ0n) is 11.7. The summed E-state index contributed by atoms with van der Waals surface area (Å²) in [6, 6.07) is 3.21. The van der Waals surface area contributed by atoms with Crippen molar-refractivity contribution in [1.29, 1.82) is 0 Å². The monoisotopic (exact) mass is 348 g/mol. The average Bonchev–Trinajstić information content (AvgIpc) is 2.39. The standard InChI is InChI=1S/C15H12ClF3O4/c16-11-8-9(2-3-10(11)15(17,18)19)14(6-1-7-14)23-13(22)5-4-12(20)21/h2-5,8H,1,6-7H2,(H,20,21)/b5-4+. The van der Waals surface area contributed by atoms with Crippen LogP contribution in [0.15, 0.2) is 30.4 Å². The molecule has 1 N–H and O–H groups in total. The van der Waals surface area contributed by atoms with Crippen LogP contribution in [0.3, 0.4) is 0 Å². The van der Waals surface area contributed by atoms with Gasteiger partial charge in [0.05, 0.1) is 10.6 Å². The van der Waals surface area contributed by atoms with Crippen molar-refractivity contribution >= 4 is 23.5 Å². The van der Waals surface area contributed by atoms with E-state index in [-0.39, 0.29) is 0 Å². The van der Waals surface area contributed by atoms with E-state index in [0.29, 0.717) is 24.5 Å². The first-order chi connectivity index (χ1) is 10.6. The highest BCUT2D eigenvalue weighted by Crippen LogP contribution is 2.47. The Balaban J connectivity index is 2.25. The van der Waals surface area contributed by atoms with Gasteiger partial charge >= 0.3 is 18.1 Å². The van der Waals surface area contributed by atoms with Gasteiger partial charge in [-0.05, 0) is 37.0 Å². The summed E-state index contributed by atoms with van der Waals surface area (Å²) < 4.78 is 43.4. The van der Waals surface area contributed by atoms with Crippen molar-refractivity contribution in [2.45, 2.75) is 31.0 Å². The molecule has 1 fully saturated rings. The third-order valence-corrected chi connectivity index (χ3v) is 3.93. The lowest BCUT2D eigenvalue weighted by molar-refractivity contribution is -0.165. The number of carbonyl (C=O) groups excluding carboxylic acids is 1. The lowest BCUT2D eigenvalue weighted by Gasteiger charge is -2.41. The van der Waals surface area contributed by atoms with Crippen molar-refractivity contribution in [3.63, 3.8) is 0 Å². The maximum absolute atomic E-state index is 12.7. The number of alkyl halides is 3. The summed E-state index contributed by atoms with van der Waals surface area (Å²) in [5.74, 6) is -2.18. The third-order valence-electron chi connectivity index (χ3n) is 3.62. The van der Waals surface area contributed by atoms with Crippen LogP contribution >= 0.6 is 11.6 Å². The highest BCUT2D eigenvalue weighted by atomic mass is 35.5. The van der Waals surface area contributed by atoms with Crippen molar-refractivity contribution < 1.29 is 32.6 Å². The summed E-state index contributed by atoms with van der Waals surface area (Å²) in [7, 11) is 0. The van der Waals surface area contributed by atoms with Gasteiger partial charge in [0.2, 0.25) is 0 Å². The van der Waals surface area contributed by atoms with Gasteiger partial charge in [-0.15, -0.1) is 0 Å². The van der Waals surface area contributed by atoms with Crippen LogP contribution in [-0.2, 0) is 26.1 Å². The van der Waals surface area contributed by atoms with E-state index in [4.69, 9.17) is 21.4 Å². The minimum Gasteiger partial charge on any atom is -0.478 e. The van der Waals surface area contributed by atoms with E-state index in [0.717, 1.165) is 24.6 Å². The predicted molar refractivity (Wildman–Crippen MR) is 74.9 cm³/mol. The quantitative estimate of drug-likeness (QED) is 0.661. The molecule has 2 rings (SSSR count). The number of aliphatic carboxylic acids is 1. The Bertz CT molecular complexity index is 663. The Labute approximate surface area is 134 Å². The summed E-state index contributed by atoms with van der Waals surface area (Å²) in [4.78, 5) is 22.0. The second-order valence-corrected chi connectivity index (χ2v) is 5.54. The second-order valence-electron chi connectivity index (χ2n) is 5.13. The number of carboxylic acid groups (broad SMARTS) is 1. The predicted octanol–water partition coefficient (Wildman–Crippen LogP) is 3.92. The minimum atomic E-state index is -4.57. The molecule has 1 aliphatic carbocycles. The molecular weight excluding hydrogens is 337 g/mol. The Morgan fingerprint density at radius 3 is 2.35 bits per heavy atom. The highest BCUT2D eigenvalue weighted by Gasteiger charge is 2.43. The molecule has 1 aromatic carbocycles. The fraction of sp³-hybridized carbons (Fsp3) is 0.333. The fourth-order valence-corrected chi connectivity index (χ4v) is 2.63. The van der Waals surface area contributed by atoms with Crippen molar-refractivity contribution in [2.75, 3.05) is 0 Å². The van der Waals surface area contributed by atoms with Gasteiger partial charge in [0.15, 0.2) is 0 Å². The van der Waals surface area contributed by atoms with E-state index in [1.807, 2.05) is 0 Å². The first kappa shape index (κ1) is 17.3. The van der Waals surface area contributed by atoms with Crippen LogP contribution in [0.2, 0.25) is 5.02 Å². The van der Waals surface area contributed by atoms with Gasteiger partial charge in [-0.2, -0.15) is 13.2 Å². The molecule has 0 unspecified atom stereocenters. The number of esters is 1. The lowest BCUT2D eigenvalue weighted by atomic mass is 9.74. The van der Waals surface area contributed by atoms with E-state index in [1.54, 1.807) is 0 Å². The van der Waals surface area contributed by atoms with E-state index in [9.17, 15) is 22.8 Å². The van der Waals surface area contributed by atoms with Gasteiger partial charge in [-0.3, -0.25) is 0 Å². The summed E-state index contributed by atoms with van der Waals surface area (Å²) >= 11 is 5.69. The van der Waals surface area contributed by atoms with Crippen molar-refractivity contribution in [1.82, 2.24) is 0 Å². The molecule has 0 aromatic heterocycles. The topological polar surface area (TPSA) is 63.6 Å². The summed E-state index contributed by atoms with van der Waals surface area (Å²) in [5, 5.41) is 8.00. The van der Waals surface area contributed by atoms with Gasteiger partial charge < -0.3 is 9.84 Å². The van der Waals surface area contributed by atoms with Crippen LogP contribution in [0, 0.1) is 0 Å². The molecule has 0 spiro atoms. The van der Waals surface area contributed by atoms with Crippen molar-refractivity contribution in [3.05, 3.63) is 46.5 Å². The number of hydrogen-bond acceptors (Lipinski definition) is 3. The van der Waals surface area contributed by atoms with Crippen LogP contribution in [-0.4, -0.2) is 17.0 Å². The number of ether oxygens (including phenoxy) is 1. The average molecular weight is 349 g/mol. The molecule has 0 heterocycles. The number of halogens is 4. The molecule has 0 radical (unpaired) electrons. The molecule has 23 heavy (non-hydrogen) atoms. The van der Waals surface area contributed by atoms with Crippen LogP contribution in [0.4, 0.5) is 13.2 Å². The molecule has 0 bridgehead atoms. The molecule has 8 heteroatoms. The smallest absolute Gasteiger partial charge is 0.417 e. The van der Waals surface area contributed by atoms with E-state index >= 15 is 0 Å². The molecular formula is C15H12ClF3O4. The summed E-state index contributed by atoms with van der Waals surface area (Å²) in [5.41, 5.74) is -1.67. The van der Waals surface area contributed by atoms with Gasteiger partial charge in [-0.25, -0.2) is 9.59 Å². The van der Waals surface area contributed by atoms with Crippen LogP contribution < -0.4 is 0 Å². The van der Waals surface area contributed by atoms with Crippen LogP contribution in [0.25, 0.3) is 0 Å². The fourth-order valence-electron chi connectivity index (χ4n) is 2.34.